The van der Waals surface area contributed by atoms with Gasteiger partial charge in [0.25, 0.3) is 0 Å². The summed E-state index contributed by atoms with van der Waals surface area (Å²) in [5.41, 5.74) is 0. The van der Waals surface area contributed by atoms with Crippen molar-refractivity contribution in [1.29, 1.82) is 0 Å². The van der Waals surface area contributed by atoms with Gasteiger partial charge in [0.15, 0.2) is 0 Å². The average Bonchev–Trinajstić information content (AvgIpc) is 2.03. The molecule has 2 nitrogen and oxygen atoms in total. The Hall–Kier alpha value is -0.0800. The minimum atomic E-state index is 0. The van der Waals surface area contributed by atoms with Gasteiger partial charge < -0.3 is 5.32 Å². The van der Waals surface area contributed by atoms with E-state index in [1.807, 2.05) is 0 Å². The van der Waals surface area contributed by atoms with E-state index in [2.05, 4.69) is 5.32 Å². The van der Waals surface area contributed by atoms with Crippen LogP contribution in [0, 0.1) is 0 Å². The van der Waals surface area contributed by atoms with Crippen LogP contribution in [0.1, 0.15) is 39.0 Å². The third kappa shape index (κ3) is 4.73. The van der Waals surface area contributed by atoms with Crippen molar-refractivity contribution in [1.82, 2.24) is 5.32 Å². The van der Waals surface area contributed by atoms with Gasteiger partial charge in [0.05, 0.1) is 6.54 Å². The van der Waals surface area contributed by atoms with Gasteiger partial charge in [-0.25, -0.2) is 0 Å². The third-order valence-corrected chi connectivity index (χ3v) is 2.24. The van der Waals surface area contributed by atoms with E-state index < -0.39 is 0 Å². The summed E-state index contributed by atoms with van der Waals surface area (Å²) >= 11 is 0. The standard InChI is InChI=1S/C9H17NO.ClH/c1-8(11)7-10-9-5-3-2-4-6-9;/h9-10H,2-7H2,1H3;1H. The van der Waals surface area contributed by atoms with E-state index in [9.17, 15) is 4.79 Å². The maximum atomic E-state index is 10.6. The summed E-state index contributed by atoms with van der Waals surface area (Å²) < 4.78 is 0. The maximum absolute atomic E-state index is 10.6. The fraction of sp³-hybridized carbons (Fsp3) is 0.889. The molecule has 0 atom stereocenters. The molecule has 3 heteroatoms. The lowest BCUT2D eigenvalue weighted by atomic mass is 9.95. The summed E-state index contributed by atoms with van der Waals surface area (Å²) in [6.07, 6.45) is 6.55. The smallest absolute Gasteiger partial charge is 0.143 e. The topological polar surface area (TPSA) is 29.1 Å². The first-order valence-corrected chi connectivity index (χ1v) is 4.52. The molecule has 0 unspecified atom stereocenters. The zero-order chi connectivity index (χ0) is 8.10. The Morgan fingerprint density at radius 1 is 1.33 bits per heavy atom. The van der Waals surface area contributed by atoms with Gasteiger partial charge in [-0.05, 0) is 19.8 Å². The lowest BCUT2D eigenvalue weighted by Crippen LogP contribution is -2.34. The Kier molecular flexibility index (Phi) is 6.39. The Balaban J connectivity index is 0.00000121. The number of carbonyl (C=O) groups excluding carboxylic acids is 1. The van der Waals surface area contributed by atoms with Gasteiger partial charge in [-0.1, -0.05) is 19.3 Å². The molecule has 0 aliphatic heterocycles. The van der Waals surface area contributed by atoms with Crippen molar-refractivity contribution in [2.24, 2.45) is 0 Å². The van der Waals surface area contributed by atoms with Crippen molar-refractivity contribution in [2.45, 2.75) is 45.1 Å². The molecular formula is C9H18ClNO. The summed E-state index contributed by atoms with van der Waals surface area (Å²) in [4.78, 5) is 10.6. The van der Waals surface area contributed by atoms with Gasteiger partial charge in [0.2, 0.25) is 0 Å². The molecule has 1 fully saturated rings. The second-order valence-electron chi connectivity index (χ2n) is 3.42. The minimum Gasteiger partial charge on any atom is -0.307 e. The number of halogens is 1. The highest BCUT2D eigenvalue weighted by Crippen LogP contribution is 2.16. The summed E-state index contributed by atoms with van der Waals surface area (Å²) in [6, 6.07) is 0.618. The Morgan fingerprint density at radius 2 is 1.92 bits per heavy atom. The molecule has 0 amide bonds. The molecule has 1 aliphatic rings. The molecule has 0 aromatic rings. The minimum absolute atomic E-state index is 0. The monoisotopic (exact) mass is 191 g/mol. The molecule has 1 saturated carbocycles. The molecule has 0 bridgehead atoms. The van der Waals surface area contributed by atoms with Crippen molar-refractivity contribution in [3.8, 4) is 0 Å². The van der Waals surface area contributed by atoms with Gasteiger partial charge in [0.1, 0.15) is 5.78 Å². The summed E-state index contributed by atoms with van der Waals surface area (Å²) in [6.45, 7) is 2.19. The normalized spacial score (nSPS) is 18.4. The first kappa shape index (κ1) is 11.9. The van der Waals surface area contributed by atoms with Crippen molar-refractivity contribution in [2.75, 3.05) is 6.54 Å². The van der Waals surface area contributed by atoms with E-state index in [0.717, 1.165) is 0 Å². The first-order valence-electron chi connectivity index (χ1n) is 4.52. The number of ketones is 1. The zero-order valence-corrected chi connectivity index (χ0v) is 8.45. The van der Waals surface area contributed by atoms with Crippen LogP contribution >= 0.6 is 12.4 Å². The van der Waals surface area contributed by atoms with Gasteiger partial charge >= 0.3 is 0 Å². The van der Waals surface area contributed by atoms with Crippen molar-refractivity contribution in [3.63, 3.8) is 0 Å². The molecule has 1 rings (SSSR count). The lowest BCUT2D eigenvalue weighted by Gasteiger charge is -2.21. The van der Waals surface area contributed by atoms with Crippen molar-refractivity contribution < 1.29 is 4.79 Å². The van der Waals surface area contributed by atoms with E-state index in [0.29, 0.717) is 12.6 Å². The third-order valence-electron chi connectivity index (χ3n) is 2.24. The van der Waals surface area contributed by atoms with Crippen LogP contribution in [0.4, 0.5) is 0 Å². The van der Waals surface area contributed by atoms with Crippen LogP contribution in [-0.4, -0.2) is 18.4 Å². The molecule has 1 N–H and O–H groups in total. The second kappa shape index (κ2) is 6.44. The van der Waals surface area contributed by atoms with E-state index in [4.69, 9.17) is 0 Å². The Bertz CT molecular complexity index is 132. The van der Waals surface area contributed by atoms with Crippen LogP contribution in [0.15, 0.2) is 0 Å². The van der Waals surface area contributed by atoms with Crippen molar-refractivity contribution >= 4 is 18.2 Å². The number of Topliss-reactive ketones (excluding diaryl/α,β-unsaturated/α-hetero) is 1. The predicted octanol–water partition coefficient (Wildman–Crippen LogP) is 1.92. The van der Waals surface area contributed by atoms with Crippen LogP contribution < -0.4 is 5.32 Å². The molecule has 0 spiro atoms. The number of carbonyl (C=O) groups is 1. The average molecular weight is 192 g/mol. The summed E-state index contributed by atoms with van der Waals surface area (Å²) in [5, 5.41) is 3.27. The zero-order valence-electron chi connectivity index (χ0n) is 7.64. The summed E-state index contributed by atoms with van der Waals surface area (Å²) in [7, 11) is 0. The molecule has 0 aromatic heterocycles. The molecule has 0 aromatic carbocycles. The largest absolute Gasteiger partial charge is 0.307 e. The lowest BCUT2D eigenvalue weighted by molar-refractivity contribution is -0.116. The fourth-order valence-electron chi connectivity index (χ4n) is 1.59. The van der Waals surface area contributed by atoms with Crippen LogP contribution in [0.3, 0.4) is 0 Å². The molecule has 0 heterocycles. The Labute approximate surface area is 80.5 Å². The van der Waals surface area contributed by atoms with Gasteiger partial charge in [-0.2, -0.15) is 0 Å². The van der Waals surface area contributed by atoms with E-state index in [1.54, 1.807) is 6.92 Å². The molecular weight excluding hydrogens is 174 g/mol. The Morgan fingerprint density at radius 3 is 2.42 bits per heavy atom. The molecule has 12 heavy (non-hydrogen) atoms. The van der Waals surface area contributed by atoms with Gasteiger partial charge in [-0.15, -0.1) is 12.4 Å². The number of nitrogens with one attached hydrogen (secondary N) is 1. The first-order chi connectivity index (χ1) is 5.29. The maximum Gasteiger partial charge on any atom is 0.143 e. The second-order valence-corrected chi connectivity index (χ2v) is 3.42. The predicted molar refractivity (Wildman–Crippen MR) is 52.8 cm³/mol. The number of hydrogen-bond donors (Lipinski definition) is 1. The van der Waals surface area contributed by atoms with Crippen LogP contribution in [0.2, 0.25) is 0 Å². The van der Waals surface area contributed by atoms with Gasteiger partial charge in [0, 0.05) is 6.04 Å². The van der Waals surface area contributed by atoms with Crippen LogP contribution in [0.5, 0.6) is 0 Å². The molecule has 0 radical (unpaired) electrons. The van der Waals surface area contributed by atoms with E-state index in [1.165, 1.54) is 32.1 Å². The molecule has 72 valence electrons. The quantitative estimate of drug-likeness (QED) is 0.739. The summed E-state index contributed by atoms with van der Waals surface area (Å²) in [5.74, 6) is 0.246. The number of hydrogen-bond acceptors (Lipinski definition) is 2. The fourth-order valence-corrected chi connectivity index (χ4v) is 1.59. The van der Waals surface area contributed by atoms with Crippen LogP contribution in [-0.2, 0) is 4.79 Å². The highest BCUT2D eigenvalue weighted by Gasteiger charge is 2.12. The number of rotatable bonds is 3. The highest BCUT2D eigenvalue weighted by molar-refractivity contribution is 5.85. The van der Waals surface area contributed by atoms with Gasteiger partial charge in [-0.3, -0.25) is 4.79 Å². The SMILES string of the molecule is CC(=O)CNC1CCCCC1.Cl. The molecule has 0 saturated heterocycles. The molecule has 1 aliphatic carbocycles. The van der Waals surface area contributed by atoms with Crippen molar-refractivity contribution in [3.05, 3.63) is 0 Å². The highest BCUT2D eigenvalue weighted by atomic mass is 35.5. The van der Waals surface area contributed by atoms with Crippen LogP contribution in [0.25, 0.3) is 0 Å². The van der Waals surface area contributed by atoms with E-state index in [-0.39, 0.29) is 18.2 Å². The van der Waals surface area contributed by atoms with E-state index >= 15 is 0 Å².